The van der Waals surface area contributed by atoms with Gasteiger partial charge in [0, 0.05) is 17.1 Å². The molecule has 1 atom stereocenters. The largest absolute Gasteiger partial charge is 0.482 e. The van der Waals surface area contributed by atoms with Gasteiger partial charge in [-0.25, -0.2) is 5.43 Å². The lowest BCUT2D eigenvalue weighted by Crippen LogP contribution is -2.44. The molecule has 136 valence electrons. The van der Waals surface area contributed by atoms with Crippen LogP contribution >= 0.6 is 23.2 Å². The zero-order valence-corrected chi connectivity index (χ0v) is 15.2. The van der Waals surface area contributed by atoms with Gasteiger partial charge < -0.3 is 10.1 Å². The number of amides is 2. The van der Waals surface area contributed by atoms with Gasteiger partial charge >= 0.3 is 0 Å². The lowest BCUT2D eigenvalue weighted by Gasteiger charge is -2.26. The molecule has 0 radical (unpaired) electrons. The van der Waals surface area contributed by atoms with Crippen LogP contribution in [0.15, 0.2) is 42.5 Å². The Morgan fingerprint density at radius 3 is 2.77 bits per heavy atom. The number of hydrogen-bond acceptors (Lipinski definition) is 4. The zero-order valence-electron chi connectivity index (χ0n) is 13.7. The molecule has 3 rings (SSSR count). The molecule has 0 spiro atoms. The summed E-state index contributed by atoms with van der Waals surface area (Å²) in [6.45, 7) is -0.190. The van der Waals surface area contributed by atoms with E-state index in [4.69, 9.17) is 27.9 Å². The van der Waals surface area contributed by atoms with Crippen LogP contribution in [0.1, 0.15) is 24.4 Å². The van der Waals surface area contributed by atoms with Crippen molar-refractivity contribution in [3.63, 3.8) is 0 Å². The summed E-state index contributed by atoms with van der Waals surface area (Å²) in [4.78, 5) is 23.5. The maximum atomic E-state index is 12.3. The van der Waals surface area contributed by atoms with Crippen LogP contribution in [0.3, 0.4) is 0 Å². The lowest BCUT2D eigenvalue weighted by atomic mass is 9.99. The minimum absolute atomic E-state index is 0.0454. The van der Waals surface area contributed by atoms with Crippen LogP contribution in [0.4, 0.5) is 5.69 Å². The Balaban J connectivity index is 1.63. The first kappa shape index (κ1) is 18.5. The topological polar surface area (TPSA) is 79.5 Å². The van der Waals surface area contributed by atoms with Gasteiger partial charge in [-0.05, 0) is 36.2 Å². The molecule has 1 heterocycles. The van der Waals surface area contributed by atoms with Crippen molar-refractivity contribution in [1.82, 2.24) is 10.9 Å². The van der Waals surface area contributed by atoms with Crippen molar-refractivity contribution in [2.45, 2.75) is 18.9 Å². The summed E-state index contributed by atoms with van der Waals surface area (Å²) in [6, 6.07) is 12.1. The van der Waals surface area contributed by atoms with Crippen LogP contribution in [0.2, 0.25) is 10.0 Å². The van der Waals surface area contributed by atoms with Crippen molar-refractivity contribution in [3.05, 3.63) is 58.1 Å². The molecule has 2 aromatic carbocycles. The van der Waals surface area contributed by atoms with Crippen LogP contribution in [-0.4, -0.2) is 18.4 Å². The second-order valence-electron chi connectivity index (χ2n) is 5.78. The summed E-state index contributed by atoms with van der Waals surface area (Å²) in [7, 11) is 0. The molecule has 2 aromatic rings. The Hall–Kier alpha value is -2.28. The van der Waals surface area contributed by atoms with Crippen LogP contribution in [-0.2, 0) is 9.59 Å². The fourth-order valence-corrected chi connectivity index (χ4v) is 3.11. The Labute approximate surface area is 160 Å². The number of rotatable bonds is 5. The molecule has 8 heteroatoms. The molecule has 3 N–H and O–H groups in total. The van der Waals surface area contributed by atoms with Crippen molar-refractivity contribution in [2.24, 2.45) is 0 Å². The van der Waals surface area contributed by atoms with Gasteiger partial charge in [0.15, 0.2) is 6.61 Å². The highest BCUT2D eigenvalue weighted by Gasteiger charge is 2.21. The first-order chi connectivity index (χ1) is 12.5. The quantitative estimate of drug-likeness (QED) is 0.726. The monoisotopic (exact) mass is 393 g/mol. The molecular weight excluding hydrogens is 377 g/mol. The third kappa shape index (κ3) is 4.66. The van der Waals surface area contributed by atoms with Crippen LogP contribution in [0, 0.1) is 0 Å². The number of para-hydroxylation sites is 1. The molecule has 26 heavy (non-hydrogen) atoms. The van der Waals surface area contributed by atoms with Crippen molar-refractivity contribution in [3.8, 4) is 5.75 Å². The maximum Gasteiger partial charge on any atom is 0.262 e. The minimum Gasteiger partial charge on any atom is -0.482 e. The summed E-state index contributed by atoms with van der Waals surface area (Å²) in [6.07, 6.45) is 1.08. The zero-order chi connectivity index (χ0) is 18.5. The van der Waals surface area contributed by atoms with Gasteiger partial charge in [0.2, 0.25) is 5.91 Å². The second-order valence-corrected chi connectivity index (χ2v) is 6.63. The smallest absolute Gasteiger partial charge is 0.262 e. The van der Waals surface area contributed by atoms with Gasteiger partial charge in [0.05, 0.1) is 11.1 Å². The molecule has 0 aliphatic carbocycles. The van der Waals surface area contributed by atoms with Gasteiger partial charge in [-0.2, -0.15) is 0 Å². The molecular formula is C18H17Cl2N3O3. The van der Waals surface area contributed by atoms with Gasteiger partial charge in [-0.15, -0.1) is 0 Å². The van der Waals surface area contributed by atoms with E-state index in [1.54, 1.807) is 24.3 Å². The number of anilines is 1. The summed E-state index contributed by atoms with van der Waals surface area (Å²) in [5.74, 6) is 0.0236. The third-order valence-electron chi connectivity index (χ3n) is 3.91. The molecule has 1 unspecified atom stereocenters. The normalized spacial score (nSPS) is 16.7. The van der Waals surface area contributed by atoms with E-state index in [0.29, 0.717) is 34.3 Å². The Bertz CT molecular complexity index is 819. The van der Waals surface area contributed by atoms with Crippen LogP contribution in [0.5, 0.6) is 5.75 Å². The van der Waals surface area contributed by atoms with Crippen molar-refractivity contribution in [2.75, 3.05) is 11.9 Å². The Morgan fingerprint density at radius 1 is 1.23 bits per heavy atom. The summed E-state index contributed by atoms with van der Waals surface area (Å²) in [5.41, 5.74) is 7.13. The predicted molar refractivity (Wildman–Crippen MR) is 100 cm³/mol. The number of carbonyl (C=O) groups excluding carboxylic acids is 2. The average Bonchev–Trinajstić information content (AvgIpc) is 2.62. The summed E-state index contributed by atoms with van der Waals surface area (Å²) >= 11 is 11.9. The molecule has 2 amide bonds. The number of hydrazine groups is 1. The van der Waals surface area contributed by atoms with E-state index >= 15 is 0 Å². The van der Waals surface area contributed by atoms with Gasteiger partial charge in [-0.1, -0.05) is 41.4 Å². The SMILES string of the molecule is O=C1CCC(c2ccccc2NC(=O)COc2ccc(Cl)cc2Cl)NN1. The highest BCUT2D eigenvalue weighted by atomic mass is 35.5. The maximum absolute atomic E-state index is 12.3. The second kappa shape index (κ2) is 8.40. The molecule has 0 bridgehead atoms. The first-order valence-electron chi connectivity index (χ1n) is 8.04. The number of halogens is 2. The van der Waals surface area contributed by atoms with E-state index in [9.17, 15) is 9.59 Å². The highest BCUT2D eigenvalue weighted by molar-refractivity contribution is 6.35. The van der Waals surface area contributed by atoms with Gasteiger partial charge in [-0.3, -0.25) is 15.0 Å². The van der Waals surface area contributed by atoms with Crippen molar-refractivity contribution < 1.29 is 14.3 Å². The predicted octanol–water partition coefficient (Wildman–Crippen LogP) is 3.47. The standard InChI is InChI=1S/C18H17Cl2N3O3/c19-11-5-7-16(13(20)9-11)26-10-18(25)21-14-4-2-1-3-12(14)15-6-8-17(24)23-22-15/h1-5,7,9,15,22H,6,8,10H2,(H,21,25)(H,23,24). The first-order valence-corrected chi connectivity index (χ1v) is 8.79. The number of nitrogens with one attached hydrogen (secondary N) is 3. The number of benzene rings is 2. The molecule has 1 aliphatic heterocycles. The number of carbonyl (C=O) groups is 2. The molecule has 0 saturated carbocycles. The fourth-order valence-electron chi connectivity index (χ4n) is 2.65. The molecule has 1 saturated heterocycles. The van der Waals surface area contributed by atoms with E-state index in [1.807, 2.05) is 18.2 Å². The van der Waals surface area contributed by atoms with Crippen molar-refractivity contribution >= 4 is 40.7 Å². The van der Waals surface area contributed by atoms with E-state index < -0.39 is 0 Å². The Kier molecular flexibility index (Phi) is 5.98. The minimum atomic E-state index is -0.316. The van der Waals surface area contributed by atoms with E-state index in [1.165, 1.54) is 0 Å². The molecule has 0 aromatic heterocycles. The van der Waals surface area contributed by atoms with Gasteiger partial charge in [0.1, 0.15) is 5.75 Å². The molecule has 1 fully saturated rings. The molecule has 1 aliphatic rings. The van der Waals surface area contributed by atoms with E-state index in [0.717, 1.165) is 5.56 Å². The van der Waals surface area contributed by atoms with E-state index in [-0.39, 0.29) is 24.5 Å². The Morgan fingerprint density at radius 2 is 2.04 bits per heavy atom. The fraction of sp³-hybridized carbons (Fsp3) is 0.222. The number of hydrogen-bond donors (Lipinski definition) is 3. The lowest BCUT2D eigenvalue weighted by molar-refractivity contribution is -0.124. The average molecular weight is 394 g/mol. The van der Waals surface area contributed by atoms with E-state index in [2.05, 4.69) is 16.2 Å². The van der Waals surface area contributed by atoms with Crippen LogP contribution in [0.25, 0.3) is 0 Å². The van der Waals surface area contributed by atoms with Crippen molar-refractivity contribution in [1.29, 1.82) is 0 Å². The third-order valence-corrected chi connectivity index (χ3v) is 4.44. The van der Waals surface area contributed by atoms with Gasteiger partial charge in [0.25, 0.3) is 5.91 Å². The molecule has 6 nitrogen and oxygen atoms in total. The summed E-state index contributed by atoms with van der Waals surface area (Å²) in [5, 5.41) is 3.67. The summed E-state index contributed by atoms with van der Waals surface area (Å²) < 4.78 is 5.45. The van der Waals surface area contributed by atoms with Crippen LogP contribution < -0.4 is 20.9 Å². The number of ether oxygens (including phenoxy) is 1. The highest BCUT2D eigenvalue weighted by Crippen LogP contribution is 2.29.